The topological polar surface area (TPSA) is 87.7 Å². The first-order chi connectivity index (χ1) is 13.3. The summed E-state index contributed by atoms with van der Waals surface area (Å²) >= 11 is 6.19. The van der Waals surface area contributed by atoms with Crippen LogP contribution < -0.4 is 15.4 Å². The molecule has 1 heterocycles. The third-order valence-electron chi connectivity index (χ3n) is 4.44. The van der Waals surface area contributed by atoms with Gasteiger partial charge >= 0.3 is 6.03 Å². The van der Waals surface area contributed by atoms with Crippen molar-refractivity contribution in [2.24, 2.45) is 0 Å². The number of urea groups is 1. The number of carbonyl (C=O) groups is 3. The number of ether oxygens (including phenoxy) is 1. The fourth-order valence-electron chi connectivity index (χ4n) is 3.04. The monoisotopic (exact) mass is 401 g/mol. The fraction of sp³-hybridized carbons (Fsp3) is 0.250. The van der Waals surface area contributed by atoms with Gasteiger partial charge in [-0.15, -0.1) is 0 Å². The summed E-state index contributed by atoms with van der Waals surface area (Å²) in [5.74, 6) is -0.339. The van der Waals surface area contributed by atoms with Crippen LogP contribution in [0.1, 0.15) is 19.4 Å². The van der Waals surface area contributed by atoms with Gasteiger partial charge in [-0.05, 0) is 44.2 Å². The second-order valence-corrected chi connectivity index (χ2v) is 6.84. The molecule has 2 N–H and O–H groups in total. The Kier molecular flexibility index (Phi) is 5.56. The second kappa shape index (κ2) is 7.90. The Bertz CT molecular complexity index is 916. The zero-order chi connectivity index (χ0) is 20.3. The van der Waals surface area contributed by atoms with Crippen molar-refractivity contribution in [3.8, 4) is 5.75 Å². The number of nitrogens with zero attached hydrogens (tertiary/aromatic N) is 1. The number of benzene rings is 2. The molecule has 1 aliphatic heterocycles. The first-order valence-electron chi connectivity index (χ1n) is 8.77. The van der Waals surface area contributed by atoms with Crippen molar-refractivity contribution in [3.05, 3.63) is 59.1 Å². The second-order valence-electron chi connectivity index (χ2n) is 6.43. The van der Waals surface area contributed by atoms with Crippen molar-refractivity contribution in [2.45, 2.75) is 19.4 Å². The lowest BCUT2D eigenvalue weighted by Gasteiger charge is -2.23. The number of carbonyl (C=O) groups excluding carboxylic acids is 3. The minimum atomic E-state index is -1.32. The number of halogens is 1. The van der Waals surface area contributed by atoms with Crippen LogP contribution in [0.3, 0.4) is 0 Å². The van der Waals surface area contributed by atoms with Crippen molar-refractivity contribution < 1.29 is 19.1 Å². The summed E-state index contributed by atoms with van der Waals surface area (Å²) in [7, 11) is 0. The van der Waals surface area contributed by atoms with Crippen LogP contribution in [0, 0.1) is 0 Å². The lowest BCUT2D eigenvalue weighted by atomic mass is 9.92. The summed E-state index contributed by atoms with van der Waals surface area (Å²) < 4.78 is 5.35. The maximum absolute atomic E-state index is 12.9. The third-order valence-corrected chi connectivity index (χ3v) is 4.77. The minimum Gasteiger partial charge on any atom is -0.494 e. The van der Waals surface area contributed by atoms with Crippen LogP contribution in [0.4, 0.5) is 10.5 Å². The van der Waals surface area contributed by atoms with E-state index in [1.165, 1.54) is 0 Å². The molecular formula is C20H20ClN3O4. The number of hydrogen-bond donors (Lipinski definition) is 2. The highest BCUT2D eigenvalue weighted by atomic mass is 35.5. The Balaban J connectivity index is 1.70. The van der Waals surface area contributed by atoms with Gasteiger partial charge < -0.3 is 15.4 Å². The van der Waals surface area contributed by atoms with Gasteiger partial charge in [0, 0.05) is 16.3 Å². The molecule has 4 amide bonds. The van der Waals surface area contributed by atoms with Gasteiger partial charge in [-0.25, -0.2) is 4.79 Å². The number of rotatable bonds is 6. The molecule has 0 radical (unpaired) electrons. The van der Waals surface area contributed by atoms with Crippen LogP contribution >= 0.6 is 11.6 Å². The molecule has 8 heteroatoms. The molecular weight excluding hydrogens is 382 g/mol. The van der Waals surface area contributed by atoms with E-state index in [1.807, 2.05) is 6.92 Å². The lowest BCUT2D eigenvalue weighted by Crippen LogP contribution is -2.42. The van der Waals surface area contributed by atoms with Crippen LogP contribution in [0.25, 0.3) is 0 Å². The molecule has 1 aliphatic rings. The van der Waals surface area contributed by atoms with E-state index < -0.39 is 29.9 Å². The average molecular weight is 402 g/mol. The van der Waals surface area contributed by atoms with Gasteiger partial charge in [0.15, 0.2) is 0 Å². The quantitative estimate of drug-likeness (QED) is 0.728. The molecule has 1 fully saturated rings. The number of anilines is 1. The van der Waals surface area contributed by atoms with Gasteiger partial charge in [-0.1, -0.05) is 29.8 Å². The molecule has 1 saturated heterocycles. The summed E-state index contributed by atoms with van der Waals surface area (Å²) in [4.78, 5) is 38.5. The molecule has 0 unspecified atom stereocenters. The highest BCUT2D eigenvalue weighted by molar-refractivity contribution is 6.32. The molecule has 0 bridgehead atoms. The Morgan fingerprint density at radius 2 is 1.86 bits per heavy atom. The van der Waals surface area contributed by atoms with Crippen molar-refractivity contribution in [3.63, 3.8) is 0 Å². The first kappa shape index (κ1) is 19.7. The van der Waals surface area contributed by atoms with E-state index in [0.717, 1.165) is 4.90 Å². The van der Waals surface area contributed by atoms with Gasteiger partial charge in [0.2, 0.25) is 5.91 Å². The van der Waals surface area contributed by atoms with Crippen LogP contribution in [0.5, 0.6) is 5.75 Å². The summed E-state index contributed by atoms with van der Waals surface area (Å²) in [5.41, 5.74) is -0.312. The van der Waals surface area contributed by atoms with Crippen LogP contribution in [0.15, 0.2) is 48.5 Å². The van der Waals surface area contributed by atoms with Crippen LogP contribution in [-0.2, 0) is 15.1 Å². The highest BCUT2D eigenvalue weighted by Gasteiger charge is 2.50. The molecule has 0 aliphatic carbocycles. The third kappa shape index (κ3) is 3.80. The number of hydrogen-bond acceptors (Lipinski definition) is 4. The molecule has 0 spiro atoms. The van der Waals surface area contributed by atoms with Gasteiger partial charge in [0.05, 0.1) is 6.61 Å². The molecule has 28 heavy (non-hydrogen) atoms. The van der Waals surface area contributed by atoms with Gasteiger partial charge in [-0.3, -0.25) is 14.5 Å². The first-order valence-corrected chi connectivity index (χ1v) is 9.14. The Morgan fingerprint density at radius 3 is 2.50 bits per heavy atom. The Hall–Kier alpha value is -3.06. The normalized spacial score (nSPS) is 18.8. The summed E-state index contributed by atoms with van der Waals surface area (Å²) in [6.45, 7) is 3.59. The zero-order valence-electron chi connectivity index (χ0n) is 15.5. The molecule has 146 valence electrons. The van der Waals surface area contributed by atoms with E-state index in [2.05, 4.69) is 10.6 Å². The molecule has 0 aromatic heterocycles. The molecule has 3 rings (SSSR count). The molecule has 2 aromatic rings. The number of imide groups is 1. The average Bonchev–Trinajstić information content (AvgIpc) is 2.88. The molecule has 7 nitrogen and oxygen atoms in total. The predicted octanol–water partition coefficient (Wildman–Crippen LogP) is 3.14. The van der Waals surface area contributed by atoms with E-state index >= 15 is 0 Å². The van der Waals surface area contributed by atoms with E-state index in [0.29, 0.717) is 28.6 Å². The van der Waals surface area contributed by atoms with E-state index in [1.54, 1.807) is 55.5 Å². The summed E-state index contributed by atoms with van der Waals surface area (Å²) in [6.07, 6.45) is 0. The van der Waals surface area contributed by atoms with Crippen molar-refractivity contribution >= 4 is 35.1 Å². The maximum atomic E-state index is 12.9. The fourth-order valence-corrected chi connectivity index (χ4v) is 3.36. The van der Waals surface area contributed by atoms with Gasteiger partial charge in [0.25, 0.3) is 5.91 Å². The molecule has 2 aromatic carbocycles. The molecule has 1 atom stereocenters. The lowest BCUT2D eigenvalue weighted by molar-refractivity contribution is -0.133. The van der Waals surface area contributed by atoms with Crippen LogP contribution in [-0.4, -0.2) is 35.9 Å². The van der Waals surface area contributed by atoms with E-state index in [-0.39, 0.29) is 0 Å². The maximum Gasteiger partial charge on any atom is 0.325 e. The Morgan fingerprint density at radius 1 is 1.18 bits per heavy atom. The smallest absolute Gasteiger partial charge is 0.325 e. The zero-order valence-corrected chi connectivity index (χ0v) is 16.2. The summed E-state index contributed by atoms with van der Waals surface area (Å²) in [5, 5.41) is 5.66. The molecule has 0 saturated carbocycles. The van der Waals surface area contributed by atoms with Gasteiger partial charge in [0.1, 0.15) is 17.8 Å². The van der Waals surface area contributed by atoms with Crippen LogP contribution in [0.2, 0.25) is 5.02 Å². The van der Waals surface area contributed by atoms with E-state index in [4.69, 9.17) is 16.3 Å². The predicted molar refractivity (Wildman–Crippen MR) is 105 cm³/mol. The number of nitrogens with one attached hydrogen (secondary N) is 2. The van der Waals surface area contributed by atoms with E-state index in [9.17, 15) is 14.4 Å². The standard InChI is InChI=1S/C20H20ClN3O4/c1-3-28-14-10-8-13(9-11-14)22-17(25)12-24-18(26)20(2,23-19(24)27)15-6-4-5-7-16(15)21/h4-11H,3,12H2,1-2H3,(H,22,25)(H,23,27)/t20-/m0/s1. The SMILES string of the molecule is CCOc1ccc(NC(=O)CN2C(=O)N[C@@](C)(c3ccccc3Cl)C2=O)cc1. The largest absolute Gasteiger partial charge is 0.494 e. The van der Waals surface area contributed by atoms with Crippen molar-refractivity contribution in [2.75, 3.05) is 18.5 Å². The minimum absolute atomic E-state index is 0.360. The Labute approximate surface area is 167 Å². The highest BCUT2D eigenvalue weighted by Crippen LogP contribution is 2.33. The summed E-state index contributed by atoms with van der Waals surface area (Å²) in [6, 6.07) is 12.9. The van der Waals surface area contributed by atoms with Gasteiger partial charge in [-0.2, -0.15) is 0 Å². The van der Waals surface area contributed by atoms with Crippen molar-refractivity contribution in [1.82, 2.24) is 10.2 Å². The number of amides is 4. The van der Waals surface area contributed by atoms with Crippen molar-refractivity contribution in [1.29, 1.82) is 0 Å².